The van der Waals surface area contributed by atoms with Crippen LogP contribution in [0.15, 0.2) is 0 Å². The first-order valence-electron chi connectivity index (χ1n) is 2.58. The minimum Gasteiger partial charge on any atom is -0.396 e. The number of aliphatic hydroxyl groups excluding tert-OH is 1. The molecule has 0 aromatic carbocycles. The van der Waals surface area contributed by atoms with Crippen LogP contribution in [0, 0.1) is 5.92 Å². The quantitative estimate of drug-likeness (QED) is 0.492. The Morgan fingerprint density at radius 3 is 2.44 bits per heavy atom. The maximum atomic E-state index is 8.41. The molecule has 1 unspecified atom stereocenters. The minimum atomic E-state index is -2.25. The van der Waals surface area contributed by atoms with Crippen molar-refractivity contribution in [2.45, 2.75) is 6.92 Å². The van der Waals surface area contributed by atoms with E-state index in [0.29, 0.717) is 0 Å². The molecule has 0 amide bonds. The molecule has 0 aliphatic carbocycles. The highest BCUT2D eigenvalue weighted by atomic mass is 31.2. The van der Waals surface area contributed by atoms with Crippen molar-refractivity contribution < 1.29 is 19.4 Å². The lowest BCUT2D eigenvalue weighted by Gasteiger charge is -2.07. The molecule has 0 saturated heterocycles. The Bertz CT molecular complexity index is 67.6. The fraction of sp³-hybridized carbons (Fsp3) is 1.00. The number of aliphatic hydroxyl groups is 1. The second-order valence-electron chi connectivity index (χ2n) is 1.84. The third-order valence-corrected chi connectivity index (χ3v) is 1.17. The molecule has 0 radical (unpaired) electrons. The van der Waals surface area contributed by atoms with Crippen LogP contribution in [0.2, 0.25) is 0 Å². The largest absolute Gasteiger partial charge is 0.396 e. The number of rotatable bonds is 4. The van der Waals surface area contributed by atoms with E-state index >= 15 is 0 Å². The third-order valence-electron chi connectivity index (χ3n) is 0.786. The van der Waals surface area contributed by atoms with Gasteiger partial charge in [0.1, 0.15) is 0 Å². The van der Waals surface area contributed by atoms with E-state index in [-0.39, 0.29) is 19.1 Å². The average Bonchev–Trinajstić information content (AvgIpc) is 1.83. The standard InChI is InChI=1S/C4H11O4P/c1-4(2-5)3-8-9(6)7/h4-7H,2-3H2,1H3. The van der Waals surface area contributed by atoms with Crippen molar-refractivity contribution in [3.05, 3.63) is 0 Å². The van der Waals surface area contributed by atoms with Gasteiger partial charge >= 0.3 is 8.60 Å². The summed E-state index contributed by atoms with van der Waals surface area (Å²) < 4.78 is 4.41. The predicted octanol–water partition coefficient (Wildman–Crippen LogP) is -0.157. The molecule has 0 heterocycles. The third kappa shape index (κ3) is 6.15. The minimum absolute atomic E-state index is 0.00315. The maximum absolute atomic E-state index is 8.41. The predicted molar refractivity (Wildman–Crippen MR) is 33.6 cm³/mol. The van der Waals surface area contributed by atoms with Crippen LogP contribution in [0.5, 0.6) is 0 Å². The summed E-state index contributed by atoms with van der Waals surface area (Å²) in [5.74, 6) is -0.0331. The molecule has 5 heteroatoms. The Labute approximate surface area is 55.1 Å². The lowest BCUT2D eigenvalue weighted by molar-refractivity contribution is 0.160. The zero-order chi connectivity index (χ0) is 7.28. The molecule has 1 atom stereocenters. The molecular weight excluding hydrogens is 143 g/mol. The highest BCUT2D eigenvalue weighted by Crippen LogP contribution is 2.24. The Kier molecular flexibility index (Phi) is 5.24. The average molecular weight is 154 g/mol. The van der Waals surface area contributed by atoms with Crippen molar-refractivity contribution in [1.29, 1.82) is 0 Å². The fourth-order valence-corrected chi connectivity index (χ4v) is 0.634. The lowest BCUT2D eigenvalue weighted by atomic mass is 10.2. The second kappa shape index (κ2) is 5.09. The summed E-state index contributed by atoms with van der Waals surface area (Å²) >= 11 is 0. The van der Waals surface area contributed by atoms with Crippen LogP contribution in [0.1, 0.15) is 6.92 Å². The SMILES string of the molecule is CC(CO)COP(O)O. The van der Waals surface area contributed by atoms with Gasteiger partial charge in [0.25, 0.3) is 0 Å². The molecule has 0 fully saturated rings. The van der Waals surface area contributed by atoms with Crippen LogP contribution in [0.25, 0.3) is 0 Å². The molecule has 0 saturated carbocycles. The van der Waals surface area contributed by atoms with Gasteiger partial charge in [-0.05, 0) is 0 Å². The molecule has 9 heavy (non-hydrogen) atoms. The monoisotopic (exact) mass is 154 g/mol. The van der Waals surface area contributed by atoms with Crippen molar-refractivity contribution in [2.75, 3.05) is 13.2 Å². The van der Waals surface area contributed by atoms with E-state index in [2.05, 4.69) is 4.52 Å². The summed E-state index contributed by atoms with van der Waals surface area (Å²) in [4.78, 5) is 16.4. The van der Waals surface area contributed by atoms with Gasteiger partial charge in [0.2, 0.25) is 0 Å². The Morgan fingerprint density at radius 1 is 1.56 bits per heavy atom. The Morgan fingerprint density at radius 2 is 2.11 bits per heavy atom. The van der Waals surface area contributed by atoms with E-state index in [1.54, 1.807) is 6.92 Å². The van der Waals surface area contributed by atoms with E-state index in [9.17, 15) is 0 Å². The number of hydrogen-bond donors (Lipinski definition) is 3. The fourth-order valence-electron chi connectivity index (χ4n) is 0.247. The highest BCUT2D eigenvalue weighted by molar-refractivity contribution is 7.39. The summed E-state index contributed by atoms with van der Waals surface area (Å²) in [5.41, 5.74) is 0. The van der Waals surface area contributed by atoms with Crippen LogP contribution in [0.3, 0.4) is 0 Å². The molecule has 0 rings (SSSR count). The van der Waals surface area contributed by atoms with E-state index in [1.165, 1.54) is 0 Å². The van der Waals surface area contributed by atoms with E-state index in [1.807, 2.05) is 0 Å². The van der Waals surface area contributed by atoms with Crippen LogP contribution in [-0.2, 0) is 4.52 Å². The molecular formula is C4H11O4P. The summed E-state index contributed by atoms with van der Waals surface area (Å²) in [5, 5.41) is 8.41. The Balaban J connectivity index is 3.06. The molecule has 0 aromatic rings. The maximum Gasteiger partial charge on any atom is 0.327 e. The van der Waals surface area contributed by atoms with E-state index < -0.39 is 8.60 Å². The molecule has 0 aliphatic rings. The van der Waals surface area contributed by atoms with Crippen LogP contribution in [-0.4, -0.2) is 28.1 Å². The molecule has 56 valence electrons. The Hall–Kier alpha value is 0.270. The topological polar surface area (TPSA) is 69.9 Å². The van der Waals surface area contributed by atoms with Gasteiger partial charge in [-0.2, -0.15) is 0 Å². The summed E-state index contributed by atoms with van der Waals surface area (Å²) in [7, 11) is -2.25. The summed E-state index contributed by atoms with van der Waals surface area (Å²) in [6, 6.07) is 0. The van der Waals surface area contributed by atoms with Crippen molar-refractivity contribution in [1.82, 2.24) is 0 Å². The first-order chi connectivity index (χ1) is 4.16. The van der Waals surface area contributed by atoms with Gasteiger partial charge in [-0.3, -0.25) is 0 Å². The van der Waals surface area contributed by atoms with Crippen LogP contribution >= 0.6 is 8.60 Å². The zero-order valence-corrected chi connectivity index (χ0v) is 6.08. The molecule has 4 nitrogen and oxygen atoms in total. The molecule has 0 spiro atoms. The van der Waals surface area contributed by atoms with Gasteiger partial charge in [-0.1, -0.05) is 6.92 Å². The van der Waals surface area contributed by atoms with Gasteiger partial charge in [0.05, 0.1) is 6.61 Å². The van der Waals surface area contributed by atoms with Gasteiger partial charge in [-0.25, -0.2) is 0 Å². The smallest absolute Gasteiger partial charge is 0.327 e. The second-order valence-corrected chi connectivity index (χ2v) is 2.60. The number of hydrogen-bond acceptors (Lipinski definition) is 4. The molecule has 0 aromatic heterocycles. The molecule has 3 N–H and O–H groups in total. The first kappa shape index (κ1) is 9.27. The van der Waals surface area contributed by atoms with Gasteiger partial charge in [0.15, 0.2) is 0 Å². The van der Waals surface area contributed by atoms with Crippen LogP contribution in [0.4, 0.5) is 0 Å². The van der Waals surface area contributed by atoms with Crippen molar-refractivity contribution in [2.24, 2.45) is 5.92 Å². The van der Waals surface area contributed by atoms with Gasteiger partial charge in [0, 0.05) is 12.5 Å². The highest BCUT2D eigenvalue weighted by Gasteiger charge is 2.03. The van der Waals surface area contributed by atoms with Crippen LogP contribution < -0.4 is 0 Å². The van der Waals surface area contributed by atoms with E-state index in [0.717, 1.165) is 0 Å². The van der Waals surface area contributed by atoms with Crippen molar-refractivity contribution in [3.8, 4) is 0 Å². The van der Waals surface area contributed by atoms with Crippen molar-refractivity contribution in [3.63, 3.8) is 0 Å². The summed E-state index contributed by atoms with van der Waals surface area (Å²) in [6.07, 6.45) is 0. The normalized spacial score (nSPS) is 14.3. The molecule has 0 bridgehead atoms. The van der Waals surface area contributed by atoms with E-state index in [4.69, 9.17) is 14.9 Å². The van der Waals surface area contributed by atoms with Crippen molar-refractivity contribution >= 4 is 8.60 Å². The summed E-state index contributed by atoms with van der Waals surface area (Å²) in [6.45, 7) is 1.94. The van der Waals surface area contributed by atoms with Gasteiger partial charge in [-0.15, -0.1) is 0 Å². The van der Waals surface area contributed by atoms with Gasteiger partial charge < -0.3 is 19.4 Å². The zero-order valence-electron chi connectivity index (χ0n) is 5.19. The lowest BCUT2D eigenvalue weighted by Crippen LogP contribution is -2.07. The first-order valence-corrected chi connectivity index (χ1v) is 3.75. The molecule has 0 aliphatic heterocycles.